The fraction of sp³-hybridized carbons (Fsp3) is 0.692. The number of thiophene rings is 1. The van der Waals surface area contributed by atoms with Gasteiger partial charge in [0, 0.05) is 45.9 Å². The first-order valence-corrected chi connectivity index (χ1v) is 7.98. The SMILES string of the molecule is CC1CC(CN)(N(C)Cc2cc(Br)cs2)CN1C. The van der Waals surface area contributed by atoms with Gasteiger partial charge in [-0.25, -0.2) is 0 Å². The summed E-state index contributed by atoms with van der Waals surface area (Å²) in [7, 11) is 4.39. The molecule has 18 heavy (non-hydrogen) atoms. The van der Waals surface area contributed by atoms with Crippen LogP contribution in [-0.4, -0.2) is 48.6 Å². The van der Waals surface area contributed by atoms with Crippen molar-refractivity contribution in [1.29, 1.82) is 0 Å². The zero-order valence-electron chi connectivity index (χ0n) is 11.3. The summed E-state index contributed by atoms with van der Waals surface area (Å²) < 4.78 is 1.18. The highest BCUT2D eigenvalue weighted by Crippen LogP contribution is 2.32. The second-order valence-corrected chi connectivity index (χ2v) is 7.40. The standard InChI is InChI=1S/C13H22BrN3S/c1-10-5-13(8-15,9-16(10)2)17(3)6-12-4-11(14)7-18-12/h4,7,10H,5-6,8-9,15H2,1-3H3. The van der Waals surface area contributed by atoms with Crippen LogP contribution in [0.2, 0.25) is 0 Å². The Hall–Kier alpha value is 0.0600. The molecule has 2 rings (SSSR count). The predicted molar refractivity (Wildman–Crippen MR) is 82.0 cm³/mol. The van der Waals surface area contributed by atoms with E-state index in [4.69, 9.17) is 5.73 Å². The Kier molecular flexibility index (Phi) is 4.49. The molecule has 2 unspecified atom stereocenters. The molecule has 0 radical (unpaired) electrons. The molecular formula is C13H22BrN3S. The molecule has 2 atom stereocenters. The van der Waals surface area contributed by atoms with E-state index in [2.05, 4.69) is 58.2 Å². The summed E-state index contributed by atoms with van der Waals surface area (Å²) in [6.07, 6.45) is 1.16. The Balaban J connectivity index is 2.08. The predicted octanol–water partition coefficient (Wildman–Crippen LogP) is 2.36. The Bertz CT molecular complexity index is 397. The first-order chi connectivity index (χ1) is 8.47. The van der Waals surface area contributed by atoms with Crippen LogP contribution in [0.4, 0.5) is 0 Å². The zero-order chi connectivity index (χ0) is 13.3. The van der Waals surface area contributed by atoms with E-state index in [0.717, 1.165) is 26.1 Å². The first kappa shape index (κ1) is 14.5. The minimum Gasteiger partial charge on any atom is -0.329 e. The van der Waals surface area contributed by atoms with Crippen molar-refractivity contribution in [3.63, 3.8) is 0 Å². The molecule has 0 spiro atoms. The van der Waals surface area contributed by atoms with Crippen LogP contribution >= 0.6 is 27.3 Å². The first-order valence-electron chi connectivity index (χ1n) is 6.31. The van der Waals surface area contributed by atoms with Crippen molar-refractivity contribution in [2.75, 3.05) is 27.2 Å². The van der Waals surface area contributed by atoms with Crippen LogP contribution in [0, 0.1) is 0 Å². The van der Waals surface area contributed by atoms with Crippen molar-refractivity contribution in [3.05, 3.63) is 20.8 Å². The normalized spacial score (nSPS) is 29.3. The average molecular weight is 332 g/mol. The van der Waals surface area contributed by atoms with Gasteiger partial charge in [0.25, 0.3) is 0 Å². The summed E-state index contributed by atoms with van der Waals surface area (Å²) in [6, 6.07) is 2.82. The number of likely N-dealkylation sites (tertiary alicyclic amines) is 1. The highest BCUT2D eigenvalue weighted by molar-refractivity contribution is 9.10. The number of hydrogen-bond acceptors (Lipinski definition) is 4. The van der Waals surface area contributed by atoms with Crippen LogP contribution in [0.25, 0.3) is 0 Å². The van der Waals surface area contributed by atoms with Gasteiger partial charge < -0.3 is 10.6 Å². The largest absolute Gasteiger partial charge is 0.329 e. The van der Waals surface area contributed by atoms with Gasteiger partial charge in [0.2, 0.25) is 0 Å². The lowest BCUT2D eigenvalue weighted by Gasteiger charge is -2.37. The monoisotopic (exact) mass is 331 g/mol. The van der Waals surface area contributed by atoms with Gasteiger partial charge in [-0.2, -0.15) is 0 Å². The van der Waals surface area contributed by atoms with E-state index in [0.29, 0.717) is 6.04 Å². The highest BCUT2D eigenvalue weighted by Gasteiger charge is 2.42. The van der Waals surface area contributed by atoms with Crippen molar-refractivity contribution in [1.82, 2.24) is 9.80 Å². The Morgan fingerprint density at radius 2 is 2.39 bits per heavy atom. The van der Waals surface area contributed by atoms with Crippen molar-refractivity contribution in [3.8, 4) is 0 Å². The third kappa shape index (κ3) is 2.80. The quantitative estimate of drug-likeness (QED) is 0.919. The molecule has 0 aliphatic carbocycles. The maximum absolute atomic E-state index is 6.08. The molecule has 1 aromatic heterocycles. The van der Waals surface area contributed by atoms with Crippen LogP contribution in [0.5, 0.6) is 0 Å². The molecule has 1 fully saturated rings. The minimum atomic E-state index is 0.130. The van der Waals surface area contributed by atoms with Crippen LogP contribution < -0.4 is 5.73 Å². The summed E-state index contributed by atoms with van der Waals surface area (Å²) in [6.45, 7) is 5.06. The van der Waals surface area contributed by atoms with Gasteiger partial charge in [-0.1, -0.05) is 0 Å². The maximum Gasteiger partial charge on any atom is 0.0473 e. The third-order valence-electron chi connectivity index (χ3n) is 4.18. The number of halogens is 1. The van der Waals surface area contributed by atoms with Gasteiger partial charge in [0.05, 0.1) is 0 Å². The Labute approximate surface area is 122 Å². The van der Waals surface area contributed by atoms with Crippen LogP contribution in [0.1, 0.15) is 18.2 Å². The number of rotatable bonds is 4. The summed E-state index contributed by atoms with van der Waals surface area (Å²) in [5, 5.41) is 2.14. The van der Waals surface area contributed by atoms with Crippen molar-refractivity contribution >= 4 is 27.3 Å². The van der Waals surface area contributed by atoms with Crippen molar-refractivity contribution in [2.45, 2.75) is 31.5 Å². The highest BCUT2D eigenvalue weighted by atomic mass is 79.9. The second kappa shape index (κ2) is 5.59. The van der Waals surface area contributed by atoms with Crippen LogP contribution in [-0.2, 0) is 6.54 Å². The maximum atomic E-state index is 6.08. The number of likely N-dealkylation sites (N-methyl/N-ethyl adjacent to an activating group) is 2. The molecule has 1 aromatic rings. The molecule has 1 saturated heterocycles. The minimum absolute atomic E-state index is 0.130. The van der Waals surface area contributed by atoms with Crippen molar-refractivity contribution in [2.24, 2.45) is 5.73 Å². The lowest BCUT2D eigenvalue weighted by Crippen LogP contribution is -2.53. The third-order valence-corrected chi connectivity index (χ3v) is 5.86. The number of nitrogens with two attached hydrogens (primary N) is 1. The van der Waals surface area contributed by atoms with Crippen LogP contribution in [0.3, 0.4) is 0 Å². The molecule has 0 saturated carbocycles. The van der Waals surface area contributed by atoms with E-state index in [-0.39, 0.29) is 5.54 Å². The Morgan fingerprint density at radius 3 is 2.83 bits per heavy atom. The summed E-state index contributed by atoms with van der Waals surface area (Å²) in [5.41, 5.74) is 6.21. The Morgan fingerprint density at radius 1 is 1.67 bits per heavy atom. The van der Waals surface area contributed by atoms with E-state index in [9.17, 15) is 0 Å². The van der Waals surface area contributed by atoms with E-state index in [1.165, 1.54) is 9.35 Å². The molecule has 3 nitrogen and oxygen atoms in total. The lowest BCUT2D eigenvalue weighted by molar-refractivity contribution is 0.127. The fourth-order valence-electron chi connectivity index (χ4n) is 2.81. The van der Waals surface area contributed by atoms with Gasteiger partial charge in [0.1, 0.15) is 0 Å². The van der Waals surface area contributed by atoms with Gasteiger partial charge in [-0.05, 0) is 49.4 Å². The molecule has 102 valence electrons. The molecule has 1 aliphatic heterocycles. The molecule has 2 heterocycles. The second-order valence-electron chi connectivity index (χ2n) is 5.48. The van der Waals surface area contributed by atoms with Gasteiger partial charge in [-0.15, -0.1) is 11.3 Å². The smallest absolute Gasteiger partial charge is 0.0473 e. The molecule has 2 N–H and O–H groups in total. The van der Waals surface area contributed by atoms with Crippen LogP contribution in [0.15, 0.2) is 15.9 Å². The fourth-order valence-corrected chi connectivity index (χ4v) is 4.31. The van der Waals surface area contributed by atoms with E-state index >= 15 is 0 Å². The van der Waals surface area contributed by atoms with Gasteiger partial charge >= 0.3 is 0 Å². The molecule has 0 bridgehead atoms. The van der Waals surface area contributed by atoms with Gasteiger partial charge in [0.15, 0.2) is 0 Å². The van der Waals surface area contributed by atoms with E-state index in [1.807, 2.05) is 0 Å². The molecule has 5 heteroatoms. The zero-order valence-corrected chi connectivity index (χ0v) is 13.7. The van der Waals surface area contributed by atoms with E-state index < -0.39 is 0 Å². The number of nitrogens with zero attached hydrogens (tertiary/aromatic N) is 2. The number of hydrogen-bond donors (Lipinski definition) is 1. The average Bonchev–Trinajstić information content (AvgIpc) is 2.85. The summed E-state index contributed by atoms with van der Waals surface area (Å²) >= 11 is 5.32. The molecule has 1 aliphatic rings. The van der Waals surface area contributed by atoms with Gasteiger partial charge in [-0.3, -0.25) is 4.90 Å². The van der Waals surface area contributed by atoms with Crippen molar-refractivity contribution < 1.29 is 0 Å². The molecular weight excluding hydrogens is 310 g/mol. The molecule has 0 amide bonds. The topological polar surface area (TPSA) is 32.5 Å². The molecule has 0 aromatic carbocycles. The summed E-state index contributed by atoms with van der Waals surface area (Å²) in [5.74, 6) is 0. The lowest BCUT2D eigenvalue weighted by atomic mass is 9.94. The van der Waals surface area contributed by atoms with E-state index in [1.54, 1.807) is 11.3 Å². The summed E-state index contributed by atoms with van der Waals surface area (Å²) in [4.78, 5) is 6.23.